The highest BCUT2D eigenvalue weighted by Gasteiger charge is 2.03. The summed E-state index contributed by atoms with van der Waals surface area (Å²) in [5.74, 6) is 2.66. The van der Waals surface area contributed by atoms with E-state index in [-0.39, 0.29) is 24.0 Å². The smallest absolute Gasteiger partial charge is 0.190 e. The van der Waals surface area contributed by atoms with Crippen LogP contribution in [0.25, 0.3) is 0 Å². The molecule has 0 aliphatic heterocycles. The van der Waals surface area contributed by atoms with E-state index in [2.05, 4.69) is 33.8 Å². The molecule has 2 aromatic carbocycles. The summed E-state index contributed by atoms with van der Waals surface area (Å²) in [5.41, 5.74) is 2.47. The molecule has 2 N–H and O–H groups in total. The Morgan fingerprint density at radius 3 is 2.44 bits per heavy atom. The van der Waals surface area contributed by atoms with Gasteiger partial charge in [0.15, 0.2) is 5.96 Å². The minimum Gasteiger partial charge on any atom is -0.497 e. The van der Waals surface area contributed by atoms with E-state index in [1.807, 2.05) is 30.3 Å². The molecule has 2 aromatic rings. The van der Waals surface area contributed by atoms with Gasteiger partial charge in [0.2, 0.25) is 0 Å². The number of aryl methyl sites for hydroxylation is 1. The molecule has 0 saturated heterocycles. The molecule has 5 nitrogen and oxygen atoms in total. The number of nitrogens with zero attached hydrogens (tertiary/aromatic N) is 1. The summed E-state index contributed by atoms with van der Waals surface area (Å²) in [4.78, 5) is 4.28. The fourth-order valence-electron chi connectivity index (χ4n) is 2.77. The molecule has 2 rings (SSSR count). The number of methoxy groups -OCH3 is 2. The molecule has 0 atom stereocenters. The van der Waals surface area contributed by atoms with Crippen molar-refractivity contribution >= 4 is 29.9 Å². The number of para-hydroxylation sites is 1. The molecule has 0 aromatic heterocycles. The minimum atomic E-state index is 0. The molecule has 6 heteroatoms. The first kappa shape index (κ1) is 23.1. The third-order valence-corrected chi connectivity index (χ3v) is 4.17. The molecule has 0 aliphatic rings. The van der Waals surface area contributed by atoms with Crippen LogP contribution in [0.3, 0.4) is 0 Å². The summed E-state index contributed by atoms with van der Waals surface area (Å²) < 4.78 is 10.6. The first-order valence-corrected chi connectivity index (χ1v) is 8.96. The topological polar surface area (TPSA) is 54.9 Å². The van der Waals surface area contributed by atoms with Gasteiger partial charge in [0.25, 0.3) is 0 Å². The van der Waals surface area contributed by atoms with Gasteiger partial charge in [-0.3, -0.25) is 4.99 Å². The van der Waals surface area contributed by atoms with Gasteiger partial charge in [0.05, 0.1) is 14.2 Å². The van der Waals surface area contributed by atoms with Gasteiger partial charge in [0.1, 0.15) is 11.5 Å². The maximum absolute atomic E-state index is 5.38. The normalized spacial score (nSPS) is 10.7. The monoisotopic (exact) mass is 483 g/mol. The molecule has 0 unspecified atom stereocenters. The summed E-state index contributed by atoms with van der Waals surface area (Å²) in [7, 11) is 5.19. The number of hydrogen-bond donors (Lipinski definition) is 2. The Kier molecular flexibility index (Phi) is 11.3. The average molecular weight is 483 g/mol. The number of ether oxygens (including phenoxy) is 2. The highest BCUT2D eigenvalue weighted by molar-refractivity contribution is 14.0. The van der Waals surface area contributed by atoms with Crippen LogP contribution in [0.15, 0.2) is 53.5 Å². The highest BCUT2D eigenvalue weighted by Crippen LogP contribution is 2.17. The summed E-state index contributed by atoms with van der Waals surface area (Å²) >= 11 is 0. The second-order valence-electron chi connectivity index (χ2n) is 5.94. The van der Waals surface area contributed by atoms with Gasteiger partial charge in [-0.15, -0.1) is 24.0 Å². The van der Waals surface area contributed by atoms with Crippen LogP contribution in [-0.4, -0.2) is 40.3 Å². The Morgan fingerprint density at radius 2 is 1.70 bits per heavy atom. The first-order valence-electron chi connectivity index (χ1n) is 8.96. The van der Waals surface area contributed by atoms with Crippen molar-refractivity contribution < 1.29 is 9.47 Å². The Balaban J connectivity index is 0.00000364. The van der Waals surface area contributed by atoms with E-state index in [1.54, 1.807) is 21.3 Å². The lowest BCUT2D eigenvalue weighted by Gasteiger charge is -2.13. The lowest BCUT2D eigenvalue weighted by molar-refractivity contribution is 0.409. The maximum Gasteiger partial charge on any atom is 0.190 e. The van der Waals surface area contributed by atoms with Crippen molar-refractivity contribution in [2.24, 2.45) is 4.99 Å². The van der Waals surface area contributed by atoms with Crippen LogP contribution in [0.1, 0.15) is 17.5 Å². The molecule has 0 amide bonds. The Labute approximate surface area is 179 Å². The molecule has 27 heavy (non-hydrogen) atoms. The summed E-state index contributed by atoms with van der Waals surface area (Å²) in [5, 5.41) is 6.71. The molecule has 0 fully saturated rings. The number of benzene rings is 2. The van der Waals surface area contributed by atoms with Crippen molar-refractivity contribution in [1.82, 2.24) is 10.6 Å². The zero-order valence-corrected chi connectivity index (χ0v) is 18.7. The fourth-order valence-corrected chi connectivity index (χ4v) is 2.77. The van der Waals surface area contributed by atoms with Gasteiger partial charge in [-0.2, -0.15) is 0 Å². The molecular formula is C21H30IN3O2. The van der Waals surface area contributed by atoms with Crippen molar-refractivity contribution in [2.45, 2.75) is 19.3 Å². The van der Waals surface area contributed by atoms with Crippen LogP contribution in [-0.2, 0) is 12.8 Å². The summed E-state index contributed by atoms with van der Waals surface area (Å²) in [6.07, 6.45) is 2.91. The van der Waals surface area contributed by atoms with Gasteiger partial charge in [0, 0.05) is 20.1 Å². The van der Waals surface area contributed by atoms with E-state index in [0.717, 1.165) is 49.8 Å². The molecule has 0 bridgehead atoms. The van der Waals surface area contributed by atoms with Crippen molar-refractivity contribution in [3.8, 4) is 11.5 Å². The molecule has 0 heterocycles. The van der Waals surface area contributed by atoms with Crippen molar-refractivity contribution in [3.05, 3.63) is 59.7 Å². The predicted octanol–water partition coefficient (Wildman–Crippen LogP) is 3.66. The largest absolute Gasteiger partial charge is 0.497 e. The van der Waals surface area contributed by atoms with E-state index in [9.17, 15) is 0 Å². The van der Waals surface area contributed by atoms with Crippen molar-refractivity contribution in [3.63, 3.8) is 0 Å². The maximum atomic E-state index is 5.38. The summed E-state index contributed by atoms with van der Waals surface area (Å²) in [6, 6.07) is 16.3. The van der Waals surface area contributed by atoms with Crippen LogP contribution < -0.4 is 20.1 Å². The van der Waals surface area contributed by atoms with Gasteiger partial charge >= 0.3 is 0 Å². The van der Waals surface area contributed by atoms with E-state index >= 15 is 0 Å². The fraction of sp³-hybridized carbons (Fsp3) is 0.381. The van der Waals surface area contributed by atoms with Gasteiger partial charge in [-0.25, -0.2) is 0 Å². The SMILES string of the molecule is CN=C(NCCCc1cccc(OC)c1)NCCc1ccccc1OC.I. The molecule has 0 radical (unpaired) electrons. The summed E-state index contributed by atoms with van der Waals surface area (Å²) in [6.45, 7) is 1.67. The lowest BCUT2D eigenvalue weighted by atomic mass is 10.1. The van der Waals surface area contributed by atoms with E-state index in [0.29, 0.717) is 0 Å². The quantitative estimate of drug-likeness (QED) is 0.248. The van der Waals surface area contributed by atoms with E-state index in [1.165, 1.54) is 11.1 Å². The van der Waals surface area contributed by atoms with Gasteiger partial charge < -0.3 is 20.1 Å². The molecule has 0 saturated carbocycles. The van der Waals surface area contributed by atoms with E-state index < -0.39 is 0 Å². The standard InChI is InChI=1S/C21H29N3O2.HI/c1-22-21(24-15-13-18-10-4-5-12-20(18)26-3)23-14-7-9-17-8-6-11-19(16-17)25-2;/h4-6,8,10-12,16H,7,9,13-15H2,1-3H3,(H2,22,23,24);1H. The Hall–Kier alpha value is -1.96. The predicted molar refractivity (Wildman–Crippen MR) is 123 cm³/mol. The van der Waals surface area contributed by atoms with Gasteiger partial charge in [-0.05, 0) is 48.6 Å². The Bertz CT molecular complexity index is 707. The van der Waals surface area contributed by atoms with Gasteiger partial charge in [-0.1, -0.05) is 30.3 Å². The number of nitrogens with one attached hydrogen (secondary N) is 2. The molecular weight excluding hydrogens is 453 g/mol. The number of guanidine groups is 1. The third kappa shape index (κ3) is 8.07. The first-order chi connectivity index (χ1) is 12.8. The minimum absolute atomic E-state index is 0. The highest BCUT2D eigenvalue weighted by atomic mass is 127. The second-order valence-corrected chi connectivity index (χ2v) is 5.94. The van der Waals surface area contributed by atoms with Crippen molar-refractivity contribution in [2.75, 3.05) is 34.4 Å². The molecule has 148 valence electrons. The zero-order valence-electron chi connectivity index (χ0n) is 16.3. The average Bonchev–Trinajstić information content (AvgIpc) is 2.70. The number of aliphatic imine (C=N–C) groups is 1. The van der Waals surface area contributed by atoms with Crippen LogP contribution in [0.2, 0.25) is 0 Å². The van der Waals surface area contributed by atoms with E-state index in [4.69, 9.17) is 9.47 Å². The number of hydrogen-bond acceptors (Lipinski definition) is 3. The van der Waals surface area contributed by atoms with Crippen molar-refractivity contribution in [1.29, 1.82) is 0 Å². The zero-order chi connectivity index (χ0) is 18.6. The Morgan fingerprint density at radius 1 is 0.926 bits per heavy atom. The number of halogens is 1. The molecule has 0 aliphatic carbocycles. The van der Waals surface area contributed by atoms with Crippen LogP contribution in [0.4, 0.5) is 0 Å². The number of rotatable bonds is 9. The lowest BCUT2D eigenvalue weighted by Crippen LogP contribution is -2.38. The second kappa shape index (κ2) is 13.2. The molecule has 0 spiro atoms. The van der Waals surface area contributed by atoms with Crippen LogP contribution in [0.5, 0.6) is 11.5 Å². The third-order valence-electron chi connectivity index (χ3n) is 4.17. The van der Waals surface area contributed by atoms with Crippen LogP contribution >= 0.6 is 24.0 Å². The van der Waals surface area contributed by atoms with Crippen LogP contribution in [0, 0.1) is 0 Å².